The first-order valence-electron chi connectivity index (χ1n) is 11.4. The Bertz CT molecular complexity index is 965. The summed E-state index contributed by atoms with van der Waals surface area (Å²) in [5.74, 6) is 2.07. The van der Waals surface area contributed by atoms with E-state index in [4.69, 9.17) is 33.0 Å². The summed E-state index contributed by atoms with van der Waals surface area (Å²) in [6, 6.07) is 6.10. The smallest absolute Gasteiger partial charge is 0.227 e. The molecule has 1 fully saturated rings. The van der Waals surface area contributed by atoms with Gasteiger partial charge < -0.3 is 22.1 Å². The first-order valence-corrected chi connectivity index (χ1v) is 11.7. The second-order valence-corrected chi connectivity index (χ2v) is 9.56. The summed E-state index contributed by atoms with van der Waals surface area (Å²) in [4.78, 5) is 9.78. The van der Waals surface area contributed by atoms with E-state index in [1.54, 1.807) is 12.1 Å². The minimum Gasteiger partial charge on any atom is -0.398 e. The molecular weight excluding hydrogens is 426 g/mol. The lowest BCUT2D eigenvalue weighted by molar-refractivity contribution is 0.402. The van der Waals surface area contributed by atoms with Gasteiger partial charge in [-0.1, -0.05) is 24.4 Å². The molecule has 1 saturated carbocycles. The van der Waals surface area contributed by atoms with Crippen LogP contribution in [0.1, 0.15) is 53.4 Å². The van der Waals surface area contributed by atoms with E-state index in [1.165, 1.54) is 6.42 Å². The molecule has 0 amide bonds. The molecule has 0 saturated heterocycles. The van der Waals surface area contributed by atoms with Gasteiger partial charge in [-0.05, 0) is 58.7 Å². The van der Waals surface area contributed by atoms with Crippen LogP contribution in [0.5, 0.6) is 0 Å². The van der Waals surface area contributed by atoms with Gasteiger partial charge in [-0.3, -0.25) is 10.0 Å². The molecule has 2 aliphatic rings. The number of hydrogen-bond donors (Lipinski definition) is 5. The molecule has 32 heavy (non-hydrogen) atoms. The van der Waals surface area contributed by atoms with E-state index in [9.17, 15) is 0 Å². The van der Waals surface area contributed by atoms with E-state index >= 15 is 0 Å². The molecule has 2 aromatic rings. The fraction of sp³-hybridized carbons (Fsp3) is 0.545. The van der Waals surface area contributed by atoms with E-state index < -0.39 is 0 Å². The lowest BCUT2D eigenvalue weighted by Gasteiger charge is -2.29. The fourth-order valence-corrected chi connectivity index (χ4v) is 4.36. The van der Waals surface area contributed by atoms with Crippen molar-refractivity contribution >= 4 is 46.2 Å². The summed E-state index contributed by atoms with van der Waals surface area (Å²) < 4.78 is 0. The highest BCUT2D eigenvalue weighted by molar-refractivity contribution is 6.33. The number of hydrogen-bond acceptors (Lipinski definition) is 9. The molecule has 10 heteroatoms. The molecule has 0 spiro atoms. The lowest BCUT2D eigenvalue weighted by atomic mass is 9.91. The largest absolute Gasteiger partial charge is 0.398 e. The highest BCUT2D eigenvalue weighted by atomic mass is 35.5. The molecule has 2 unspecified atom stereocenters. The Morgan fingerprint density at radius 1 is 1.09 bits per heavy atom. The van der Waals surface area contributed by atoms with E-state index in [-0.39, 0.29) is 24.2 Å². The zero-order valence-corrected chi connectivity index (χ0v) is 19.9. The molecule has 2 heterocycles. The molecule has 1 aromatic carbocycles. The summed E-state index contributed by atoms with van der Waals surface area (Å²) in [6.45, 7) is 8.49. The Morgan fingerprint density at radius 2 is 1.81 bits per heavy atom. The SMILES string of the molecule is CC(C)N1NN(C(C)C)c2c(Nc3ccc(N)c(Cl)c3)nc(NC3CCCCC3N)nc21. The summed E-state index contributed by atoms with van der Waals surface area (Å²) >= 11 is 6.26. The highest BCUT2D eigenvalue weighted by Crippen LogP contribution is 2.41. The maximum absolute atomic E-state index is 6.38. The number of fused-ring (bicyclic) bond motifs is 1. The summed E-state index contributed by atoms with van der Waals surface area (Å²) in [5, 5.41) is 11.6. The number of nitrogens with two attached hydrogens (primary N) is 2. The van der Waals surface area contributed by atoms with Crippen LogP contribution in [0.3, 0.4) is 0 Å². The normalized spacial score (nSPS) is 20.8. The molecule has 4 rings (SSSR count). The van der Waals surface area contributed by atoms with Gasteiger partial charge in [0.1, 0.15) is 5.69 Å². The first-order chi connectivity index (χ1) is 15.2. The van der Waals surface area contributed by atoms with Crippen LogP contribution in [-0.2, 0) is 0 Å². The van der Waals surface area contributed by atoms with Crippen molar-refractivity contribution in [3.63, 3.8) is 0 Å². The van der Waals surface area contributed by atoms with Crippen molar-refractivity contribution in [2.75, 3.05) is 26.4 Å². The van der Waals surface area contributed by atoms with Gasteiger partial charge in [-0.15, -0.1) is 5.53 Å². The maximum Gasteiger partial charge on any atom is 0.227 e. The Kier molecular flexibility index (Phi) is 6.50. The minimum atomic E-state index is 0.0967. The van der Waals surface area contributed by atoms with Gasteiger partial charge in [0.15, 0.2) is 11.6 Å². The van der Waals surface area contributed by atoms with E-state index in [1.807, 2.05) is 6.07 Å². The number of aromatic nitrogens is 2. The number of nitrogen functional groups attached to an aromatic ring is 1. The zero-order chi connectivity index (χ0) is 23.0. The van der Waals surface area contributed by atoms with Gasteiger partial charge in [0.05, 0.1) is 10.7 Å². The van der Waals surface area contributed by atoms with Gasteiger partial charge in [-0.2, -0.15) is 9.97 Å². The Hall–Kier alpha value is -2.49. The monoisotopic (exact) mass is 459 g/mol. The average Bonchev–Trinajstić information content (AvgIpc) is 3.13. The Morgan fingerprint density at radius 3 is 2.47 bits per heavy atom. The second kappa shape index (κ2) is 9.17. The third-order valence-corrected chi connectivity index (χ3v) is 6.31. The maximum atomic E-state index is 6.38. The van der Waals surface area contributed by atoms with Crippen LogP contribution in [0.25, 0.3) is 0 Å². The van der Waals surface area contributed by atoms with Crippen molar-refractivity contribution in [1.29, 1.82) is 0 Å². The van der Waals surface area contributed by atoms with Crippen molar-refractivity contribution in [2.45, 2.75) is 77.5 Å². The highest BCUT2D eigenvalue weighted by Gasteiger charge is 2.35. The number of nitrogens with zero attached hydrogens (tertiary/aromatic N) is 4. The van der Waals surface area contributed by atoms with Crippen LogP contribution >= 0.6 is 11.6 Å². The predicted molar refractivity (Wildman–Crippen MR) is 133 cm³/mol. The van der Waals surface area contributed by atoms with Crippen molar-refractivity contribution in [3.8, 4) is 0 Å². The van der Waals surface area contributed by atoms with Crippen LogP contribution in [-0.4, -0.2) is 34.1 Å². The lowest BCUT2D eigenvalue weighted by Crippen LogP contribution is -2.50. The minimum absolute atomic E-state index is 0.0967. The van der Waals surface area contributed by atoms with Gasteiger partial charge in [-0.25, -0.2) is 0 Å². The Labute approximate surface area is 194 Å². The zero-order valence-electron chi connectivity index (χ0n) is 19.2. The Balaban J connectivity index is 1.77. The third-order valence-electron chi connectivity index (χ3n) is 5.98. The van der Waals surface area contributed by atoms with Crippen LogP contribution in [0, 0.1) is 0 Å². The number of nitrogens with one attached hydrogen (secondary N) is 3. The molecule has 1 aromatic heterocycles. The number of rotatable bonds is 6. The summed E-state index contributed by atoms with van der Waals surface area (Å²) in [5.41, 5.74) is 18.0. The number of halogens is 1. The van der Waals surface area contributed by atoms with Crippen LogP contribution < -0.4 is 37.7 Å². The predicted octanol–water partition coefficient (Wildman–Crippen LogP) is 4.00. The van der Waals surface area contributed by atoms with Crippen LogP contribution in [0.4, 0.5) is 34.6 Å². The molecule has 174 valence electrons. The van der Waals surface area contributed by atoms with E-state index in [0.717, 1.165) is 36.5 Å². The van der Waals surface area contributed by atoms with Gasteiger partial charge in [0.2, 0.25) is 5.95 Å². The molecule has 2 atom stereocenters. The second-order valence-electron chi connectivity index (χ2n) is 9.16. The summed E-state index contributed by atoms with van der Waals surface area (Å²) in [6.07, 6.45) is 4.36. The van der Waals surface area contributed by atoms with Crippen molar-refractivity contribution in [2.24, 2.45) is 5.73 Å². The topological polar surface area (TPSA) is 120 Å². The summed E-state index contributed by atoms with van der Waals surface area (Å²) in [7, 11) is 0. The molecule has 7 N–H and O–H groups in total. The molecule has 0 radical (unpaired) electrons. The van der Waals surface area contributed by atoms with Gasteiger partial charge in [0, 0.05) is 29.9 Å². The van der Waals surface area contributed by atoms with Gasteiger partial charge in [0.25, 0.3) is 0 Å². The van der Waals surface area contributed by atoms with Crippen molar-refractivity contribution in [3.05, 3.63) is 23.2 Å². The molecule has 0 bridgehead atoms. The fourth-order valence-electron chi connectivity index (χ4n) is 4.18. The van der Waals surface area contributed by atoms with Crippen LogP contribution in [0.2, 0.25) is 5.02 Å². The number of benzene rings is 1. The third kappa shape index (κ3) is 4.51. The molecule has 9 nitrogen and oxygen atoms in total. The number of anilines is 6. The molecular formula is C22H34ClN9. The van der Waals surface area contributed by atoms with E-state index in [0.29, 0.717) is 22.5 Å². The first kappa shape index (κ1) is 22.7. The van der Waals surface area contributed by atoms with E-state index in [2.05, 4.69) is 53.9 Å². The average molecular weight is 460 g/mol. The quantitative estimate of drug-likeness (QED) is 0.408. The van der Waals surface area contributed by atoms with Crippen molar-refractivity contribution < 1.29 is 0 Å². The van der Waals surface area contributed by atoms with Crippen LogP contribution in [0.15, 0.2) is 18.2 Å². The number of hydrazine groups is 2. The van der Waals surface area contributed by atoms with Gasteiger partial charge >= 0.3 is 0 Å². The van der Waals surface area contributed by atoms with Crippen molar-refractivity contribution in [1.82, 2.24) is 15.5 Å². The molecule has 1 aliphatic carbocycles. The standard InChI is InChI=1S/C22H34ClN9/c1-12(2)31-19-20(26-14-9-10-16(24)15(23)11-14)28-22(27-18-8-6-5-7-17(18)25)29-21(19)32(30-31)13(3)4/h9-13,17-18,30H,5-8,24-25H2,1-4H3,(H2,26,27,28,29). The molecule has 1 aliphatic heterocycles.